The summed E-state index contributed by atoms with van der Waals surface area (Å²) in [4.78, 5) is 24.9. The van der Waals surface area contributed by atoms with Gasteiger partial charge in [-0.1, -0.05) is 12.1 Å². The Morgan fingerprint density at radius 1 is 1.53 bits per heavy atom. The molecule has 0 radical (unpaired) electrons. The zero-order valence-corrected chi connectivity index (χ0v) is 10.5. The first-order chi connectivity index (χ1) is 9.19. The normalized spacial score (nSPS) is 18.9. The molecule has 0 saturated carbocycles. The Labute approximate surface area is 110 Å². The van der Waals surface area contributed by atoms with Gasteiger partial charge in [-0.25, -0.2) is 9.59 Å². The molecule has 1 saturated heterocycles. The highest BCUT2D eigenvalue weighted by Gasteiger charge is 2.33. The van der Waals surface area contributed by atoms with Crippen LogP contribution in [0.4, 0.5) is 10.5 Å². The second-order valence-electron chi connectivity index (χ2n) is 4.12. The van der Waals surface area contributed by atoms with Gasteiger partial charge in [-0.05, 0) is 12.1 Å². The number of cyclic esters (lactones) is 1. The molecule has 0 aromatic heterocycles. The van der Waals surface area contributed by atoms with Gasteiger partial charge in [0.05, 0.1) is 37.6 Å². The van der Waals surface area contributed by atoms with E-state index in [2.05, 4.69) is 0 Å². The molecule has 1 fully saturated rings. The number of para-hydroxylation sites is 1. The van der Waals surface area contributed by atoms with Gasteiger partial charge in [0.25, 0.3) is 0 Å². The minimum absolute atomic E-state index is 0.190. The highest BCUT2D eigenvalue weighted by molar-refractivity contribution is 6.01. The van der Waals surface area contributed by atoms with E-state index in [1.807, 2.05) is 0 Å². The summed E-state index contributed by atoms with van der Waals surface area (Å²) in [7, 11) is 1.27. The number of hydrogen-bond donors (Lipinski definition) is 1. The topological polar surface area (TPSA) is 76.1 Å². The largest absolute Gasteiger partial charge is 0.465 e. The second kappa shape index (κ2) is 5.71. The molecule has 1 heterocycles. The van der Waals surface area contributed by atoms with Crippen molar-refractivity contribution in [2.45, 2.75) is 12.5 Å². The van der Waals surface area contributed by atoms with Gasteiger partial charge in [0.15, 0.2) is 0 Å². The quantitative estimate of drug-likeness (QED) is 0.830. The van der Waals surface area contributed by atoms with Crippen molar-refractivity contribution in [2.24, 2.45) is 0 Å². The lowest BCUT2D eigenvalue weighted by molar-refractivity contribution is 0.0601. The van der Waals surface area contributed by atoms with E-state index in [4.69, 9.17) is 9.47 Å². The number of methoxy groups -OCH3 is 1. The zero-order chi connectivity index (χ0) is 13.8. The maximum absolute atomic E-state index is 11.9. The second-order valence-corrected chi connectivity index (χ2v) is 4.12. The molecule has 1 atom stereocenters. The Kier molecular flexibility index (Phi) is 4.01. The number of ether oxygens (including phenoxy) is 2. The van der Waals surface area contributed by atoms with E-state index >= 15 is 0 Å². The van der Waals surface area contributed by atoms with E-state index in [0.29, 0.717) is 12.1 Å². The summed E-state index contributed by atoms with van der Waals surface area (Å²) >= 11 is 0. The molecule has 2 rings (SSSR count). The third kappa shape index (κ3) is 2.53. The summed E-state index contributed by atoms with van der Waals surface area (Å²) in [5, 5.41) is 9.36. The molecule has 1 N–H and O–H groups in total. The molecule has 6 nitrogen and oxygen atoms in total. The predicted molar refractivity (Wildman–Crippen MR) is 67.1 cm³/mol. The number of esters is 1. The number of anilines is 1. The number of carbonyl (C=O) groups excluding carboxylic acids is 2. The van der Waals surface area contributed by atoms with Crippen LogP contribution in [-0.4, -0.2) is 43.5 Å². The number of aliphatic hydroxyl groups is 1. The van der Waals surface area contributed by atoms with Crippen LogP contribution in [0.25, 0.3) is 0 Å². The maximum atomic E-state index is 11.9. The Bertz CT molecular complexity index is 488. The Hall–Kier alpha value is -2.08. The average molecular weight is 265 g/mol. The molecule has 1 aromatic carbocycles. The molecular weight excluding hydrogens is 250 g/mol. The molecule has 1 amide bonds. The summed E-state index contributed by atoms with van der Waals surface area (Å²) in [5.74, 6) is -0.536. The summed E-state index contributed by atoms with van der Waals surface area (Å²) in [6.45, 7) is 0.0750. The van der Waals surface area contributed by atoms with E-state index in [0.717, 1.165) is 0 Å². The monoisotopic (exact) mass is 265 g/mol. The number of amides is 1. The molecule has 0 aliphatic carbocycles. The summed E-state index contributed by atoms with van der Waals surface area (Å²) < 4.78 is 9.66. The van der Waals surface area contributed by atoms with Crippen molar-refractivity contribution in [3.05, 3.63) is 29.8 Å². The van der Waals surface area contributed by atoms with E-state index in [-0.39, 0.29) is 18.8 Å². The van der Waals surface area contributed by atoms with Crippen molar-refractivity contribution in [3.63, 3.8) is 0 Å². The summed E-state index contributed by atoms with van der Waals surface area (Å²) in [6, 6.07) is 6.18. The van der Waals surface area contributed by atoms with Crippen molar-refractivity contribution in [1.82, 2.24) is 0 Å². The van der Waals surface area contributed by atoms with Crippen molar-refractivity contribution in [3.8, 4) is 0 Å². The predicted octanol–water partition coefficient (Wildman–Crippen LogP) is 1.18. The molecule has 0 spiro atoms. The van der Waals surface area contributed by atoms with E-state index < -0.39 is 18.1 Å². The number of rotatable bonds is 3. The molecule has 1 aliphatic rings. The highest BCUT2D eigenvalue weighted by Crippen LogP contribution is 2.27. The van der Waals surface area contributed by atoms with Crippen LogP contribution in [0.2, 0.25) is 0 Å². The van der Waals surface area contributed by atoms with Crippen LogP contribution in [0, 0.1) is 0 Å². The third-order valence-corrected chi connectivity index (χ3v) is 3.02. The van der Waals surface area contributed by atoms with E-state index in [1.165, 1.54) is 12.0 Å². The summed E-state index contributed by atoms with van der Waals surface area (Å²) in [5.41, 5.74) is 0.653. The van der Waals surface area contributed by atoms with Crippen LogP contribution < -0.4 is 4.90 Å². The van der Waals surface area contributed by atoms with Crippen LogP contribution in [-0.2, 0) is 9.47 Å². The SMILES string of the molecule is COC(=O)c1ccccc1N1C(=O)OCCC1CO. The van der Waals surface area contributed by atoms with Crippen molar-refractivity contribution < 1.29 is 24.2 Å². The first-order valence-corrected chi connectivity index (χ1v) is 5.93. The molecule has 1 aliphatic heterocycles. The highest BCUT2D eigenvalue weighted by atomic mass is 16.6. The van der Waals surface area contributed by atoms with Crippen molar-refractivity contribution in [2.75, 3.05) is 25.2 Å². The lowest BCUT2D eigenvalue weighted by Gasteiger charge is -2.34. The van der Waals surface area contributed by atoms with Crippen molar-refractivity contribution in [1.29, 1.82) is 0 Å². The smallest absolute Gasteiger partial charge is 0.414 e. The zero-order valence-electron chi connectivity index (χ0n) is 10.5. The summed E-state index contributed by atoms with van der Waals surface area (Å²) in [6.07, 6.45) is -0.0563. The van der Waals surface area contributed by atoms with Crippen molar-refractivity contribution >= 4 is 17.7 Å². The number of hydrogen-bond acceptors (Lipinski definition) is 5. The first kappa shape index (κ1) is 13.4. The van der Waals surface area contributed by atoms with Crippen LogP contribution in [0.1, 0.15) is 16.8 Å². The average Bonchev–Trinajstić information content (AvgIpc) is 2.46. The first-order valence-electron chi connectivity index (χ1n) is 5.93. The van der Waals surface area contributed by atoms with Gasteiger partial charge in [0.2, 0.25) is 0 Å². The molecule has 19 heavy (non-hydrogen) atoms. The Balaban J connectivity index is 2.44. The Morgan fingerprint density at radius 2 is 2.26 bits per heavy atom. The molecule has 6 heteroatoms. The van der Waals surface area contributed by atoms with Gasteiger partial charge in [0, 0.05) is 6.42 Å². The minimum Gasteiger partial charge on any atom is -0.465 e. The molecule has 1 aromatic rings. The lowest BCUT2D eigenvalue weighted by atomic mass is 10.1. The number of carbonyl (C=O) groups is 2. The van der Waals surface area contributed by atoms with E-state index in [9.17, 15) is 14.7 Å². The number of aliphatic hydroxyl groups excluding tert-OH is 1. The van der Waals surface area contributed by atoms with Gasteiger partial charge in [-0.3, -0.25) is 4.90 Å². The molecule has 102 valence electrons. The minimum atomic E-state index is -0.568. The molecule has 0 bridgehead atoms. The number of nitrogens with zero attached hydrogens (tertiary/aromatic N) is 1. The Morgan fingerprint density at radius 3 is 2.95 bits per heavy atom. The van der Waals surface area contributed by atoms with Crippen LogP contribution in [0.3, 0.4) is 0 Å². The van der Waals surface area contributed by atoms with Gasteiger partial charge in [-0.15, -0.1) is 0 Å². The van der Waals surface area contributed by atoms with Crippen LogP contribution in [0.5, 0.6) is 0 Å². The fraction of sp³-hybridized carbons (Fsp3) is 0.385. The van der Waals surface area contributed by atoms with Gasteiger partial charge in [0.1, 0.15) is 0 Å². The number of benzene rings is 1. The standard InChI is InChI=1S/C13H15NO5/c1-18-12(16)10-4-2-3-5-11(10)14-9(8-15)6-7-19-13(14)17/h2-5,9,15H,6-8H2,1H3. The fourth-order valence-electron chi connectivity index (χ4n) is 2.06. The van der Waals surface area contributed by atoms with E-state index in [1.54, 1.807) is 24.3 Å². The van der Waals surface area contributed by atoms with Gasteiger partial charge in [-0.2, -0.15) is 0 Å². The van der Waals surface area contributed by atoms with Crippen LogP contribution in [0.15, 0.2) is 24.3 Å². The molecule has 1 unspecified atom stereocenters. The third-order valence-electron chi connectivity index (χ3n) is 3.02. The molecular formula is C13H15NO5. The van der Waals surface area contributed by atoms with Crippen LogP contribution >= 0.6 is 0 Å². The van der Waals surface area contributed by atoms with Gasteiger partial charge >= 0.3 is 12.1 Å². The maximum Gasteiger partial charge on any atom is 0.414 e. The lowest BCUT2D eigenvalue weighted by Crippen LogP contribution is -2.48. The fourth-order valence-corrected chi connectivity index (χ4v) is 2.06. The van der Waals surface area contributed by atoms with Gasteiger partial charge < -0.3 is 14.6 Å².